The minimum Gasteiger partial charge on any atom is -0.496 e. The normalized spacial score (nSPS) is 10.4. The maximum absolute atomic E-state index is 12.0. The lowest BCUT2D eigenvalue weighted by molar-refractivity contribution is -0.131. The largest absolute Gasteiger partial charge is 0.496 e. The van der Waals surface area contributed by atoms with Gasteiger partial charge in [-0.2, -0.15) is 0 Å². The molecule has 0 unspecified atom stereocenters. The maximum atomic E-state index is 12.0. The fourth-order valence-electron chi connectivity index (χ4n) is 2.34. The summed E-state index contributed by atoms with van der Waals surface area (Å²) in [5, 5.41) is 1.44. The van der Waals surface area contributed by atoms with Gasteiger partial charge in [0.05, 0.1) is 19.3 Å². The molecule has 0 fully saturated rings. The number of esters is 2. The average Bonchev–Trinajstić information content (AvgIpc) is 2.46. The Morgan fingerprint density at radius 2 is 1.86 bits per heavy atom. The molecule has 0 aliphatic rings. The van der Waals surface area contributed by atoms with Crippen LogP contribution in [0.3, 0.4) is 0 Å². The molecular weight excluding hydrogens is 284 g/mol. The fourth-order valence-corrected chi connectivity index (χ4v) is 2.34. The summed E-state index contributed by atoms with van der Waals surface area (Å²) >= 11 is 0. The molecule has 5 heteroatoms. The Bertz CT molecular complexity index is 733. The van der Waals surface area contributed by atoms with E-state index in [0.29, 0.717) is 22.4 Å². The van der Waals surface area contributed by atoms with E-state index >= 15 is 0 Å². The minimum absolute atomic E-state index is 0.269. The van der Waals surface area contributed by atoms with Gasteiger partial charge in [0.1, 0.15) is 11.5 Å². The topological polar surface area (TPSA) is 61.8 Å². The smallest absolute Gasteiger partial charge is 0.338 e. The van der Waals surface area contributed by atoms with Gasteiger partial charge in [-0.05, 0) is 37.6 Å². The standard InChI is InChI=1S/C17H18O5/c1-5-21-17(19)12-8-13-14(20-4)7-6-10(2)16(13)15(9-12)22-11(3)18/h6-9H,5H2,1-4H3. The van der Waals surface area contributed by atoms with Gasteiger partial charge in [0.2, 0.25) is 0 Å². The molecule has 0 spiro atoms. The quantitative estimate of drug-likeness (QED) is 0.641. The number of benzene rings is 2. The molecule has 22 heavy (non-hydrogen) atoms. The van der Waals surface area contributed by atoms with Crippen molar-refractivity contribution in [3.05, 3.63) is 35.4 Å². The lowest BCUT2D eigenvalue weighted by Crippen LogP contribution is -2.08. The number of ether oxygens (including phenoxy) is 3. The Labute approximate surface area is 128 Å². The highest BCUT2D eigenvalue weighted by atomic mass is 16.5. The predicted octanol–water partition coefficient (Wildman–Crippen LogP) is 3.26. The first-order valence-corrected chi connectivity index (χ1v) is 6.94. The third kappa shape index (κ3) is 3.03. The molecule has 5 nitrogen and oxygen atoms in total. The third-order valence-corrected chi connectivity index (χ3v) is 3.23. The highest BCUT2D eigenvalue weighted by Crippen LogP contribution is 2.36. The number of hydrogen-bond donors (Lipinski definition) is 0. The second-order valence-electron chi connectivity index (χ2n) is 4.80. The first-order chi connectivity index (χ1) is 10.5. The molecule has 0 aliphatic heterocycles. The number of hydrogen-bond acceptors (Lipinski definition) is 5. The van der Waals surface area contributed by atoms with E-state index in [4.69, 9.17) is 14.2 Å². The molecular formula is C17H18O5. The second kappa shape index (κ2) is 6.47. The zero-order valence-electron chi connectivity index (χ0n) is 13.1. The van der Waals surface area contributed by atoms with E-state index in [2.05, 4.69) is 0 Å². The van der Waals surface area contributed by atoms with Crippen LogP contribution in [-0.4, -0.2) is 25.7 Å². The molecule has 2 rings (SSSR count). The Hall–Kier alpha value is -2.56. The van der Waals surface area contributed by atoms with Gasteiger partial charge in [-0.15, -0.1) is 0 Å². The first kappa shape index (κ1) is 15.8. The molecule has 2 aromatic rings. The van der Waals surface area contributed by atoms with E-state index in [0.717, 1.165) is 10.9 Å². The summed E-state index contributed by atoms with van der Waals surface area (Å²) in [5.74, 6) is -0.00417. The number of aryl methyl sites for hydroxylation is 1. The van der Waals surface area contributed by atoms with Crippen molar-refractivity contribution in [1.29, 1.82) is 0 Å². The summed E-state index contributed by atoms with van der Waals surface area (Å²) in [4.78, 5) is 23.4. The highest BCUT2D eigenvalue weighted by molar-refractivity contribution is 6.02. The lowest BCUT2D eigenvalue weighted by Gasteiger charge is -2.14. The van der Waals surface area contributed by atoms with E-state index in [9.17, 15) is 9.59 Å². The molecule has 116 valence electrons. The van der Waals surface area contributed by atoms with Crippen molar-refractivity contribution >= 4 is 22.7 Å². The maximum Gasteiger partial charge on any atom is 0.338 e. The minimum atomic E-state index is -0.471. The molecule has 2 aromatic carbocycles. The van der Waals surface area contributed by atoms with Gasteiger partial charge in [0.25, 0.3) is 0 Å². The van der Waals surface area contributed by atoms with Crippen LogP contribution in [0.15, 0.2) is 24.3 Å². The summed E-state index contributed by atoms with van der Waals surface area (Å²) in [6.45, 7) is 5.22. The Balaban J connectivity index is 2.76. The van der Waals surface area contributed by atoms with E-state index < -0.39 is 11.9 Å². The summed E-state index contributed by atoms with van der Waals surface area (Å²) in [6, 6.07) is 6.89. The number of carbonyl (C=O) groups is 2. The molecule has 0 amide bonds. The van der Waals surface area contributed by atoms with Crippen molar-refractivity contribution in [3.8, 4) is 11.5 Å². The van der Waals surface area contributed by atoms with E-state index in [-0.39, 0.29) is 6.61 Å². The van der Waals surface area contributed by atoms with Crippen LogP contribution < -0.4 is 9.47 Å². The molecule has 0 aromatic heterocycles. The van der Waals surface area contributed by atoms with Crippen LogP contribution in [0.1, 0.15) is 29.8 Å². The van der Waals surface area contributed by atoms with Crippen molar-refractivity contribution in [1.82, 2.24) is 0 Å². The fraction of sp³-hybridized carbons (Fsp3) is 0.294. The SMILES string of the molecule is CCOC(=O)c1cc(OC(C)=O)c2c(C)ccc(OC)c2c1. The van der Waals surface area contributed by atoms with Gasteiger partial charge in [-0.3, -0.25) is 4.79 Å². The monoisotopic (exact) mass is 302 g/mol. The zero-order chi connectivity index (χ0) is 16.3. The summed E-state index contributed by atoms with van der Waals surface area (Å²) < 4.78 is 15.6. The molecule has 0 atom stereocenters. The van der Waals surface area contributed by atoms with Crippen LogP contribution >= 0.6 is 0 Å². The average molecular weight is 302 g/mol. The predicted molar refractivity (Wildman–Crippen MR) is 82.5 cm³/mol. The molecule has 0 radical (unpaired) electrons. The summed E-state index contributed by atoms with van der Waals surface area (Å²) in [7, 11) is 1.55. The van der Waals surface area contributed by atoms with Gasteiger partial charge in [-0.1, -0.05) is 6.07 Å². The highest BCUT2D eigenvalue weighted by Gasteiger charge is 2.17. The zero-order valence-corrected chi connectivity index (χ0v) is 13.1. The molecule has 0 saturated heterocycles. The van der Waals surface area contributed by atoms with Crippen LogP contribution in [0.2, 0.25) is 0 Å². The van der Waals surface area contributed by atoms with E-state index in [1.165, 1.54) is 13.0 Å². The van der Waals surface area contributed by atoms with Crippen LogP contribution in [0.25, 0.3) is 10.8 Å². The summed E-state index contributed by atoms with van der Waals surface area (Å²) in [5.41, 5.74) is 1.23. The van der Waals surface area contributed by atoms with Crippen molar-refractivity contribution in [2.75, 3.05) is 13.7 Å². The van der Waals surface area contributed by atoms with Crippen molar-refractivity contribution < 1.29 is 23.8 Å². The first-order valence-electron chi connectivity index (χ1n) is 6.94. The van der Waals surface area contributed by atoms with Crippen molar-refractivity contribution in [3.63, 3.8) is 0 Å². The number of fused-ring (bicyclic) bond motifs is 1. The lowest BCUT2D eigenvalue weighted by atomic mass is 10.0. The molecule has 0 heterocycles. The molecule has 0 saturated carbocycles. The third-order valence-electron chi connectivity index (χ3n) is 3.23. The van der Waals surface area contributed by atoms with Crippen molar-refractivity contribution in [2.24, 2.45) is 0 Å². The van der Waals surface area contributed by atoms with Gasteiger partial charge in [0, 0.05) is 17.7 Å². The number of carbonyl (C=O) groups excluding carboxylic acids is 2. The Morgan fingerprint density at radius 1 is 1.14 bits per heavy atom. The second-order valence-corrected chi connectivity index (χ2v) is 4.80. The Morgan fingerprint density at radius 3 is 2.45 bits per heavy atom. The van der Waals surface area contributed by atoms with Gasteiger partial charge >= 0.3 is 11.9 Å². The van der Waals surface area contributed by atoms with Crippen LogP contribution in [0.5, 0.6) is 11.5 Å². The van der Waals surface area contributed by atoms with Crippen LogP contribution in [-0.2, 0) is 9.53 Å². The van der Waals surface area contributed by atoms with Crippen molar-refractivity contribution in [2.45, 2.75) is 20.8 Å². The van der Waals surface area contributed by atoms with Gasteiger partial charge in [0.15, 0.2) is 0 Å². The Kier molecular flexibility index (Phi) is 4.65. The summed E-state index contributed by atoms with van der Waals surface area (Å²) in [6.07, 6.45) is 0. The molecule has 0 aliphatic carbocycles. The molecule has 0 N–H and O–H groups in total. The van der Waals surface area contributed by atoms with Gasteiger partial charge in [-0.25, -0.2) is 4.79 Å². The number of rotatable bonds is 4. The molecule has 0 bridgehead atoms. The van der Waals surface area contributed by atoms with E-state index in [1.807, 2.05) is 19.1 Å². The number of methoxy groups -OCH3 is 1. The van der Waals surface area contributed by atoms with Crippen LogP contribution in [0.4, 0.5) is 0 Å². The van der Waals surface area contributed by atoms with Gasteiger partial charge < -0.3 is 14.2 Å². The van der Waals surface area contributed by atoms with E-state index in [1.54, 1.807) is 20.1 Å². The van der Waals surface area contributed by atoms with Crippen LogP contribution in [0, 0.1) is 6.92 Å².